The molecule has 0 aromatic carbocycles. The number of aliphatic imine (C=N–C) groups is 1. The fraction of sp³-hybridized carbons (Fsp3) is 0.412. The lowest BCUT2D eigenvalue weighted by Crippen LogP contribution is -2.43. The number of hydrogen-bond acceptors (Lipinski definition) is 8. The summed E-state index contributed by atoms with van der Waals surface area (Å²) in [5.74, 6) is 1.31. The van der Waals surface area contributed by atoms with Gasteiger partial charge in [-0.1, -0.05) is 0 Å². The highest BCUT2D eigenvalue weighted by Crippen LogP contribution is 2.34. The van der Waals surface area contributed by atoms with Crippen LogP contribution in [0.3, 0.4) is 0 Å². The third-order valence-electron chi connectivity index (χ3n) is 3.96. The summed E-state index contributed by atoms with van der Waals surface area (Å²) in [7, 11) is 1.85. The zero-order valence-corrected chi connectivity index (χ0v) is 15.5. The van der Waals surface area contributed by atoms with Crippen molar-refractivity contribution in [1.29, 1.82) is 0 Å². The molecular formula is C17H22N6OS. The molecular weight excluding hydrogens is 336 g/mol. The summed E-state index contributed by atoms with van der Waals surface area (Å²) < 4.78 is 10.1. The molecule has 0 radical (unpaired) electrons. The standard InChI is InChI=1S/C17H22N6OS/c1-10(2)24-12-5-6-13(20-9-12)14-22-16(25-23-14)17(3)7-11(19-4)8-21-15(17)18/h5-10,15,19H,18H2,1-4H3. The van der Waals surface area contributed by atoms with Gasteiger partial charge in [0.2, 0.25) is 0 Å². The van der Waals surface area contributed by atoms with Crippen LogP contribution in [0.25, 0.3) is 11.5 Å². The number of hydrogen-bond donors (Lipinski definition) is 2. The Balaban J connectivity index is 1.87. The molecule has 0 aliphatic carbocycles. The van der Waals surface area contributed by atoms with Crippen molar-refractivity contribution in [3.05, 3.63) is 35.1 Å². The van der Waals surface area contributed by atoms with Gasteiger partial charge < -0.3 is 15.8 Å². The van der Waals surface area contributed by atoms with E-state index in [1.807, 2.05) is 46.0 Å². The quantitative estimate of drug-likeness (QED) is 0.849. The summed E-state index contributed by atoms with van der Waals surface area (Å²) in [5, 5.41) is 3.91. The number of nitrogens with two attached hydrogens (primary N) is 1. The first-order valence-corrected chi connectivity index (χ1v) is 8.86. The van der Waals surface area contributed by atoms with Crippen molar-refractivity contribution in [3.63, 3.8) is 0 Å². The molecule has 3 N–H and O–H groups in total. The Morgan fingerprint density at radius 2 is 2.16 bits per heavy atom. The number of allylic oxidation sites excluding steroid dienone is 1. The Bertz CT molecular complexity index is 798. The summed E-state index contributed by atoms with van der Waals surface area (Å²) in [4.78, 5) is 13.4. The maximum atomic E-state index is 6.21. The van der Waals surface area contributed by atoms with Crippen molar-refractivity contribution in [3.8, 4) is 17.3 Å². The van der Waals surface area contributed by atoms with Crippen LogP contribution in [0, 0.1) is 0 Å². The minimum Gasteiger partial charge on any atom is -0.489 e. The molecule has 3 heterocycles. The van der Waals surface area contributed by atoms with Gasteiger partial charge in [0.15, 0.2) is 5.82 Å². The summed E-state index contributed by atoms with van der Waals surface area (Å²) in [6.07, 6.45) is 5.18. The second-order valence-corrected chi connectivity index (χ2v) is 7.08. The van der Waals surface area contributed by atoms with Crippen molar-refractivity contribution in [2.75, 3.05) is 7.05 Å². The van der Waals surface area contributed by atoms with Gasteiger partial charge in [-0.3, -0.25) is 4.99 Å². The van der Waals surface area contributed by atoms with Crippen LogP contribution in [0.2, 0.25) is 0 Å². The van der Waals surface area contributed by atoms with Crippen LogP contribution in [0.4, 0.5) is 0 Å². The van der Waals surface area contributed by atoms with Crippen molar-refractivity contribution in [2.45, 2.75) is 38.5 Å². The molecule has 0 saturated heterocycles. The fourth-order valence-corrected chi connectivity index (χ4v) is 3.30. The van der Waals surface area contributed by atoms with Gasteiger partial charge in [0.05, 0.1) is 17.7 Å². The van der Waals surface area contributed by atoms with Crippen LogP contribution in [-0.2, 0) is 5.41 Å². The summed E-state index contributed by atoms with van der Waals surface area (Å²) in [5.41, 5.74) is 7.32. The van der Waals surface area contributed by atoms with Gasteiger partial charge in [-0.25, -0.2) is 9.97 Å². The molecule has 0 bridgehead atoms. The minimum atomic E-state index is -0.510. The third kappa shape index (κ3) is 3.54. The second-order valence-electron chi connectivity index (χ2n) is 6.32. The first-order chi connectivity index (χ1) is 11.9. The number of nitrogens with one attached hydrogen (secondary N) is 1. The van der Waals surface area contributed by atoms with Crippen molar-refractivity contribution in [2.24, 2.45) is 10.7 Å². The van der Waals surface area contributed by atoms with Gasteiger partial charge in [-0.15, -0.1) is 0 Å². The van der Waals surface area contributed by atoms with E-state index < -0.39 is 11.6 Å². The molecule has 2 aromatic heterocycles. The van der Waals surface area contributed by atoms with Crippen LogP contribution in [0.15, 0.2) is 35.1 Å². The molecule has 2 unspecified atom stereocenters. The molecule has 0 spiro atoms. The topological polar surface area (TPSA) is 98.3 Å². The van der Waals surface area contributed by atoms with E-state index in [4.69, 9.17) is 10.5 Å². The van der Waals surface area contributed by atoms with Crippen molar-refractivity contribution >= 4 is 17.7 Å². The summed E-state index contributed by atoms with van der Waals surface area (Å²) in [6.45, 7) is 5.97. The SMILES string of the molecule is CNC1=CC(C)(c2nc(-c3ccc(OC(C)C)cn3)ns2)C(N)N=C1. The Morgan fingerprint density at radius 1 is 1.36 bits per heavy atom. The molecule has 2 atom stereocenters. The smallest absolute Gasteiger partial charge is 0.191 e. The van der Waals surface area contributed by atoms with Crippen molar-refractivity contribution in [1.82, 2.24) is 19.7 Å². The lowest BCUT2D eigenvalue weighted by Gasteiger charge is -2.30. The third-order valence-corrected chi connectivity index (χ3v) is 4.92. The van der Waals surface area contributed by atoms with Gasteiger partial charge in [0, 0.05) is 19.0 Å². The molecule has 0 amide bonds. The predicted molar refractivity (Wildman–Crippen MR) is 99.9 cm³/mol. The van der Waals surface area contributed by atoms with E-state index in [1.54, 1.807) is 12.4 Å². The Hall–Kier alpha value is -2.32. The first kappa shape index (κ1) is 17.5. The Kier molecular flexibility index (Phi) is 4.82. The van der Waals surface area contributed by atoms with Crippen molar-refractivity contribution < 1.29 is 4.74 Å². The Morgan fingerprint density at radius 3 is 2.80 bits per heavy atom. The molecule has 1 aliphatic rings. The molecule has 0 saturated carbocycles. The molecule has 132 valence electrons. The minimum absolute atomic E-state index is 0.109. The van der Waals surface area contributed by atoms with E-state index in [-0.39, 0.29) is 6.10 Å². The monoisotopic (exact) mass is 358 g/mol. The lowest BCUT2D eigenvalue weighted by atomic mass is 9.85. The van der Waals surface area contributed by atoms with Crippen LogP contribution in [-0.4, -0.2) is 39.9 Å². The summed E-state index contributed by atoms with van der Waals surface area (Å²) in [6, 6.07) is 3.74. The van der Waals surface area contributed by atoms with Crippen LogP contribution < -0.4 is 15.8 Å². The molecule has 2 aromatic rings. The Labute approximate surface area is 151 Å². The fourth-order valence-electron chi connectivity index (χ4n) is 2.49. The van der Waals surface area contributed by atoms with Crippen LogP contribution in [0.5, 0.6) is 5.75 Å². The molecule has 3 rings (SSSR count). The van der Waals surface area contributed by atoms with E-state index in [9.17, 15) is 0 Å². The number of rotatable bonds is 5. The summed E-state index contributed by atoms with van der Waals surface area (Å²) >= 11 is 1.32. The van der Waals surface area contributed by atoms with Gasteiger partial charge in [-0.2, -0.15) is 4.37 Å². The lowest BCUT2D eigenvalue weighted by molar-refractivity contribution is 0.241. The van der Waals surface area contributed by atoms with Gasteiger partial charge in [0.1, 0.15) is 22.6 Å². The first-order valence-electron chi connectivity index (χ1n) is 8.09. The second kappa shape index (κ2) is 6.89. The van der Waals surface area contributed by atoms with E-state index >= 15 is 0 Å². The number of aromatic nitrogens is 3. The predicted octanol–water partition coefficient (Wildman–Crippen LogP) is 2.12. The van der Waals surface area contributed by atoms with Crippen LogP contribution >= 0.6 is 11.5 Å². The number of ether oxygens (including phenoxy) is 1. The van der Waals surface area contributed by atoms with Gasteiger partial charge in [0.25, 0.3) is 0 Å². The highest BCUT2D eigenvalue weighted by Gasteiger charge is 2.37. The van der Waals surface area contributed by atoms with Crippen LogP contribution in [0.1, 0.15) is 25.8 Å². The normalized spacial score (nSPS) is 22.8. The largest absolute Gasteiger partial charge is 0.489 e. The average molecular weight is 358 g/mol. The maximum absolute atomic E-state index is 6.21. The molecule has 1 aliphatic heterocycles. The molecule has 25 heavy (non-hydrogen) atoms. The zero-order chi connectivity index (χ0) is 18.0. The maximum Gasteiger partial charge on any atom is 0.191 e. The zero-order valence-electron chi connectivity index (χ0n) is 14.7. The molecule has 0 fully saturated rings. The van der Waals surface area contributed by atoms with E-state index in [1.165, 1.54) is 11.5 Å². The van der Waals surface area contributed by atoms with Gasteiger partial charge in [-0.05, 0) is 50.5 Å². The van der Waals surface area contributed by atoms with E-state index in [0.717, 1.165) is 16.5 Å². The van der Waals surface area contributed by atoms with E-state index in [0.29, 0.717) is 11.5 Å². The highest BCUT2D eigenvalue weighted by molar-refractivity contribution is 7.05. The van der Waals surface area contributed by atoms with Gasteiger partial charge >= 0.3 is 0 Å². The average Bonchev–Trinajstić information content (AvgIpc) is 3.08. The highest BCUT2D eigenvalue weighted by atomic mass is 32.1. The molecule has 7 nitrogen and oxygen atoms in total. The van der Waals surface area contributed by atoms with E-state index in [2.05, 4.69) is 24.7 Å². The molecule has 8 heteroatoms. The number of nitrogens with zero attached hydrogens (tertiary/aromatic N) is 4. The number of pyridine rings is 1. The number of dihydropyridines is 1.